The normalized spacial score (nSPS) is 27.2. The van der Waals surface area contributed by atoms with Crippen LogP contribution in [0.3, 0.4) is 0 Å². The number of para-hydroxylation sites is 1. The number of hydrogen-bond donors (Lipinski definition) is 1. The van der Waals surface area contributed by atoms with E-state index in [0.29, 0.717) is 5.92 Å². The van der Waals surface area contributed by atoms with Crippen LogP contribution in [0.5, 0.6) is 0 Å². The summed E-state index contributed by atoms with van der Waals surface area (Å²) in [5.41, 5.74) is 2.40. The molecule has 0 aromatic heterocycles. The van der Waals surface area contributed by atoms with Crippen molar-refractivity contribution >= 4 is 23.4 Å². The van der Waals surface area contributed by atoms with Gasteiger partial charge in [0.1, 0.15) is 0 Å². The molecule has 17 heavy (non-hydrogen) atoms. The van der Waals surface area contributed by atoms with Crippen molar-refractivity contribution in [3.8, 4) is 0 Å². The van der Waals surface area contributed by atoms with Crippen molar-refractivity contribution in [3.05, 3.63) is 29.8 Å². The van der Waals surface area contributed by atoms with E-state index in [-0.39, 0.29) is 11.9 Å². The first kappa shape index (κ1) is 11.1. The van der Waals surface area contributed by atoms with Crippen LogP contribution in [0, 0.1) is 0 Å². The number of carbonyl (C=O) groups excluding carboxylic acids is 1. The van der Waals surface area contributed by atoms with Crippen LogP contribution in [0.25, 0.3) is 0 Å². The summed E-state index contributed by atoms with van der Waals surface area (Å²) in [5, 5.41) is 3.25. The molecule has 1 aromatic carbocycles. The zero-order chi connectivity index (χ0) is 11.8. The quantitative estimate of drug-likeness (QED) is 0.822. The largest absolute Gasteiger partial charge is 0.310 e. The molecule has 2 aliphatic rings. The van der Waals surface area contributed by atoms with E-state index in [0.717, 1.165) is 23.9 Å². The lowest BCUT2D eigenvalue weighted by Crippen LogP contribution is -2.44. The standard InChI is InChI=1S/C13H16N2OS/c1-9-6-15(12-5-3-2-4-10(9)12)13(16)11-7-17-8-14-11/h2-5,9,11,14H,6-8H2,1H3/t9?,11-/m1/s1. The van der Waals surface area contributed by atoms with Crippen molar-refractivity contribution < 1.29 is 4.79 Å². The van der Waals surface area contributed by atoms with Crippen molar-refractivity contribution in [2.45, 2.75) is 18.9 Å². The first-order valence-corrected chi connectivity index (χ1v) is 7.14. The zero-order valence-corrected chi connectivity index (χ0v) is 10.7. The molecule has 2 heterocycles. The van der Waals surface area contributed by atoms with Gasteiger partial charge < -0.3 is 4.90 Å². The van der Waals surface area contributed by atoms with Crippen LogP contribution in [-0.4, -0.2) is 30.1 Å². The number of nitrogens with zero attached hydrogens (tertiary/aromatic N) is 1. The third-order valence-electron chi connectivity index (χ3n) is 3.50. The molecular formula is C13H16N2OS. The molecular weight excluding hydrogens is 232 g/mol. The molecule has 1 amide bonds. The number of fused-ring (bicyclic) bond motifs is 1. The van der Waals surface area contributed by atoms with Gasteiger partial charge in [0.25, 0.3) is 0 Å². The molecule has 0 spiro atoms. The van der Waals surface area contributed by atoms with Gasteiger partial charge >= 0.3 is 0 Å². The van der Waals surface area contributed by atoms with E-state index >= 15 is 0 Å². The smallest absolute Gasteiger partial charge is 0.245 e. The number of anilines is 1. The molecule has 3 rings (SSSR count). The summed E-state index contributed by atoms with van der Waals surface area (Å²) in [6.45, 7) is 3.00. The van der Waals surface area contributed by atoms with Crippen molar-refractivity contribution in [3.63, 3.8) is 0 Å². The fourth-order valence-corrected chi connectivity index (χ4v) is 3.50. The maximum Gasteiger partial charge on any atom is 0.245 e. The van der Waals surface area contributed by atoms with Crippen LogP contribution in [0.2, 0.25) is 0 Å². The lowest BCUT2D eigenvalue weighted by atomic mass is 10.0. The van der Waals surface area contributed by atoms with Gasteiger partial charge in [-0.15, -0.1) is 11.8 Å². The van der Waals surface area contributed by atoms with Crippen molar-refractivity contribution in [1.82, 2.24) is 5.32 Å². The van der Waals surface area contributed by atoms with Gasteiger partial charge in [0, 0.05) is 29.8 Å². The summed E-state index contributed by atoms with van der Waals surface area (Å²) in [6, 6.07) is 8.24. The Morgan fingerprint density at radius 1 is 1.47 bits per heavy atom. The summed E-state index contributed by atoms with van der Waals surface area (Å²) in [4.78, 5) is 14.4. The van der Waals surface area contributed by atoms with Crippen LogP contribution < -0.4 is 10.2 Å². The second-order valence-corrected chi connectivity index (χ2v) is 5.71. The molecule has 1 aromatic rings. The first-order valence-electron chi connectivity index (χ1n) is 5.99. The van der Waals surface area contributed by atoms with Gasteiger partial charge in [0.15, 0.2) is 0 Å². The maximum atomic E-state index is 12.4. The fourth-order valence-electron chi connectivity index (χ4n) is 2.57. The fraction of sp³-hybridized carbons (Fsp3) is 0.462. The van der Waals surface area contributed by atoms with E-state index in [2.05, 4.69) is 24.4 Å². The number of nitrogens with one attached hydrogen (secondary N) is 1. The number of carbonyl (C=O) groups is 1. The van der Waals surface area contributed by atoms with Gasteiger partial charge in [-0.2, -0.15) is 0 Å². The SMILES string of the molecule is CC1CN(C(=O)[C@H]2CSCN2)c2ccccc21. The summed E-state index contributed by atoms with van der Waals surface area (Å²) in [5.74, 6) is 2.46. The number of rotatable bonds is 1. The van der Waals surface area contributed by atoms with Crippen LogP contribution in [0.15, 0.2) is 24.3 Å². The van der Waals surface area contributed by atoms with Gasteiger partial charge in [-0.25, -0.2) is 0 Å². The highest BCUT2D eigenvalue weighted by molar-refractivity contribution is 7.99. The molecule has 2 atom stereocenters. The molecule has 1 fully saturated rings. The van der Waals surface area contributed by atoms with E-state index in [1.165, 1.54) is 5.56 Å². The van der Waals surface area contributed by atoms with Crippen LogP contribution in [0.1, 0.15) is 18.4 Å². The Hall–Kier alpha value is -1.00. The van der Waals surface area contributed by atoms with Gasteiger partial charge in [-0.05, 0) is 11.6 Å². The Bertz CT molecular complexity index is 443. The second kappa shape index (κ2) is 4.35. The predicted octanol–water partition coefficient (Wildman–Crippen LogP) is 1.80. The minimum absolute atomic E-state index is 0.00152. The number of hydrogen-bond acceptors (Lipinski definition) is 3. The Balaban J connectivity index is 1.88. The third kappa shape index (κ3) is 1.85. The molecule has 1 N–H and O–H groups in total. The molecule has 2 aliphatic heterocycles. The van der Waals surface area contributed by atoms with E-state index < -0.39 is 0 Å². The van der Waals surface area contributed by atoms with Crippen molar-refractivity contribution in [2.24, 2.45) is 0 Å². The Morgan fingerprint density at radius 2 is 2.29 bits per heavy atom. The van der Waals surface area contributed by atoms with Gasteiger partial charge in [0.05, 0.1) is 6.04 Å². The Morgan fingerprint density at radius 3 is 3.06 bits per heavy atom. The van der Waals surface area contributed by atoms with Gasteiger partial charge in [-0.3, -0.25) is 10.1 Å². The van der Waals surface area contributed by atoms with Gasteiger partial charge in [-0.1, -0.05) is 25.1 Å². The molecule has 90 valence electrons. The monoisotopic (exact) mass is 248 g/mol. The molecule has 1 unspecified atom stereocenters. The summed E-state index contributed by atoms with van der Waals surface area (Å²) >= 11 is 1.79. The average molecular weight is 248 g/mol. The number of amides is 1. The topological polar surface area (TPSA) is 32.3 Å². The summed E-state index contributed by atoms with van der Waals surface area (Å²) < 4.78 is 0. The molecule has 0 saturated carbocycles. The predicted molar refractivity (Wildman–Crippen MR) is 71.5 cm³/mol. The van der Waals surface area contributed by atoms with Crippen molar-refractivity contribution in [1.29, 1.82) is 0 Å². The highest BCUT2D eigenvalue weighted by Crippen LogP contribution is 2.36. The number of benzene rings is 1. The summed E-state index contributed by atoms with van der Waals surface area (Å²) in [6.07, 6.45) is 0. The zero-order valence-electron chi connectivity index (χ0n) is 9.85. The Labute approximate surface area is 106 Å². The minimum Gasteiger partial charge on any atom is -0.310 e. The number of thioether (sulfide) groups is 1. The van der Waals surface area contributed by atoms with Crippen LogP contribution >= 0.6 is 11.8 Å². The molecule has 0 aliphatic carbocycles. The molecule has 3 nitrogen and oxygen atoms in total. The first-order chi connectivity index (χ1) is 8.27. The molecule has 0 bridgehead atoms. The van der Waals surface area contributed by atoms with Crippen molar-refractivity contribution in [2.75, 3.05) is 23.1 Å². The van der Waals surface area contributed by atoms with E-state index in [4.69, 9.17) is 0 Å². The molecule has 1 saturated heterocycles. The Kier molecular flexibility index (Phi) is 2.84. The highest BCUT2D eigenvalue weighted by atomic mass is 32.2. The maximum absolute atomic E-state index is 12.4. The third-order valence-corrected chi connectivity index (χ3v) is 4.44. The minimum atomic E-state index is -0.00152. The average Bonchev–Trinajstić information content (AvgIpc) is 2.97. The second-order valence-electron chi connectivity index (χ2n) is 4.68. The highest BCUT2D eigenvalue weighted by Gasteiger charge is 2.34. The van der Waals surface area contributed by atoms with E-state index in [9.17, 15) is 4.79 Å². The van der Waals surface area contributed by atoms with Crippen LogP contribution in [0.4, 0.5) is 5.69 Å². The lowest BCUT2D eigenvalue weighted by Gasteiger charge is -2.21. The lowest BCUT2D eigenvalue weighted by molar-refractivity contribution is -0.119. The molecule has 0 radical (unpaired) electrons. The van der Waals surface area contributed by atoms with E-state index in [1.807, 2.05) is 17.0 Å². The molecule has 4 heteroatoms. The van der Waals surface area contributed by atoms with E-state index in [1.54, 1.807) is 11.8 Å². The summed E-state index contributed by atoms with van der Waals surface area (Å²) in [7, 11) is 0. The van der Waals surface area contributed by atoms with Crippen LogP contribution in [-0.2, 0) is 4.79 Å². The van der Waals surface area contributed by atoms with Gasteiger partial charge in [0.2, 0.25) is 5.91 Å².